The summed E-state index contributed by atoms with van der Waals surface area (Å²) in [5, 5.41) is 9.68. The van der Waals surface area contributed by atoms with Gasteiger partial charge in [0.05, 0.1) is 25.5 Å². The van der Waals surface area contributed by atoms with Crippen LogP contribution in [0.2, 0.25) is 0 Å². The average Bonchev–Trinajstić information content (AvgIpc) is 2.64. The minimum Gasteiger partial charge on any atom is -0.508 e. The number of phenols is 1. The van der Waals surface area contributed by atoms with Gasteiger partial charge in [-0.3, -0.25) is 0 Å². The number of hydrogen-bond donors (Lipinski definition) is 2. The van der Waals surface area contributed by atoms with E-state index in [0.717, 1.165) is 17.5 Å². The van der Waals surface area contributed by atoms with Crippen LogP contribution < -0.4 is 15.0 Å². The van der Waals surface area contributed by atoms with Crippen molar-refractivity contribution in [3.63, 3.8) is 0 Å². The fourth-order valence-electron chi connectivity index (χ4n) is 2.97. The highest BCUT2D eigenvalue weighted by Crippen LogP contribution is 2.30. The van der Waals surface area contributed by atoms with Gasteiger partial charge in [0, 0.05) is 11.6 Å². The molecule has 0 bridgehead atoms. The van der Waals surface area contributed by atoms with E-state index in [-0.39, 0.29) is 11.7 Å². The molecule has 136 valence electrons. The fourth-order valence-corrected chi connectivity index (χ4v) is 2.97. The SMILES string of the molecule is COc1cc(OC)cc(C(=O)ONC2=CC(C)Cc3cc(O)ccc32)c1. The maximum absolute atomic E-state index is 12.4. The molecule has 0 radical (unpaired) electrons. The molecule has 1 aliphatic rings. The molecule has 0 aliphatic heterocycles. The predicted octanol–water partition coefficient (Wildman–Crippen LogP) is 3.30. The Bertz CT molecular complexity index is 837. The Balaban J connectivity index is 1.78. The number of hydroxylamine groups is 1. The number of nitrogens with one attached hydrogen (secondary N) is 1. The zero-order chi connectivity index (χ0) is 18.7. The molecule has 0 heterocycles. The van der Waals surface area contributed by atoms with Crippen molar-refractivity contribution in [1.82, 2.24) is 5.48 Å². The van der Waals surface area contributed by atoms with Crippen LogP contribution in [0.3, 0.4) is 0 Å². The van der Waals surface area contributed by atoms with Crippen LogP contribution in [0, 0.1) is 5.92 Å². The second-order valence-corrected chi connectivity index (χ2v) is 6.20. The van der Waals surface area contributed by atoms with Gasteiger partial charge in [0.25, 0.3) is 0 Å². The molecule has 0 aromatic heterocycles. The molecule has 2 N–H and O–H groups in total. The van der Waals surface area contributed by atoms with Crippen LogP contribution in [0.1, 0.15) is 28.4 Å². The Morgan fingerprint density at radius 3 is 2.46 bits per heavy atom. The summed E-state index contributed by atoms with van der Waals surface area (Å²) in [7, 11) is 3.03. The van der Waals surface area contributed by atoms with Gasteiger partial charge in [-0.05, 0) is 48.2 Å². The molecule has 1 unspecified atom stereocenters. The van der Waals surface area contributed by atoms with Gasteiger partial charge in [-0.1, -0.05) is 13.0 Å². The third-order valence-corrected chi connectivity index (χ3v) is 4.21. The van der Waals surface area contributed by atoms with E-state index in [1.54, 1.807) is 36.4 Å². The van der Waals surface area contributed by atoms with E-state index in [0.29, 0.717) is 22.8 Å². The zero-order valence-electron chi connectivity index (χ0n) is 14.9. The highest BCUT2D eigenvalue weighted by atomic mass is 16.7. The molecule has 0 amide bonds. The van der Waals surface area contributed by atoms with E-state index in [1.807, 2.05) is 6.08 Å². The minimum absolute atomic E-state index is 0.220. The third-order valence-electron chi connectivity index (χ3n) is 4.21. The second-order valence-electron chi connectivity index (χ2n) is 6.20. The molecule has 6 heteroatoms. The summed E-state index contributed by atoms with van der Waals surface area (Å²) in [6, 6.07) is 9.98. The number of carbonyl (C=O) groups is 1. The third kappa shape index (κ3) is 3.74. The van der Waals surface area contributed by atoms with Crippen molar-refractivity contribution >= 4 is 11.7 Å². The van der Waals surface area contributed by atoms with E-state index < -0.39 is 5.97 Å². The van der Waals surface area contributed by atoms with Gasteiger partial charge in [0.15, 0.2) is 0 Å². The number of phenolic OH excluding ortho intramolecular Hbond substituents is 1. The van der Waals surface area contributed by atoms with Crippen molar-refractivity contribution in [2.45, 2.75) is 13.3 Å². The second kappa shape index (κ2) is 7.39. The van der Waals surface area contributed by atoms with Crippen molar-refractivity contribution in [2.24, 2.45) is 5.92 Å². The van der Waals surface area contributed by atoms with Crippen LogP contribution in [-0.4, -0.2) is 25.3 Å². The smallest absolute Gasteiger partial charge is 0.363 e. The first-order valence-corrected chi connectivity index (χ1v) is 8.24. The monoisotopic (exact) mass is 355 g/mol. The minimum atomic E-state index is -0.554. The largest absolute Gasteiger partial charge is 0.508 e. The summed E-state index contributed by atoms with van der Waals surface area (Å²) in [5.41, 5.74) is 5.66. The van der Waals surface area contributed by atoms with E-state index in [1.165, 1.54) is 14.2 Å². The Morgan fingerprint density at radius 1 is 1.12 bits per heavy atom. The molecular weight excluding hydrogens is 334 g/mol. The molecule has 6 nitrogen and oxygen atoms in total. The number of rotatable bonds is 5. The number of allylic oxidation sites excluding steroid dienone is 1. The van der Waals surface area contributed by atoms with E-state index >= 15 is 0 Å². The molecular formula is C20H21NO5. The normalized spacial score (nSPS) is 15.5. The van der Waals surface area contributed by atoms with Crippen LogP contribution in [0.4, 0.5) is 0 Å². The van der Waals surface area contributed by atoms with Crippen LogP contribution >= 0.6 is 0 Å². The first-order chi connectivity index (χ1) is 12.5. The Kier molecular flexibility index (Phi) is 5.02. The van der Waals surface area contributed by atoms with E-state index in [2.05, 4.69) is 12.4 Å². The lowest BCUT2D eigenvalue weighted by Crippen LogP contribution is -2.22. The topological polar surface area (TPSA) is 77.0 Å². The van der Waals surface area contributed by atoms with Gasteiger partial charge >= 0.3 is 5.97 Å². The summed E-state index contributed by atoms with van der Waals surface area (Å²) < 4.78 is 10.3. The van der Waals surface area contributed by atoms with Gasteiger partial charge in [0.1, 0.15) is 17.2 Å². The van der Waals surface area contributed by atoms with E-state index in [9.17, 15) is 9.90 Å². The molecule has 1 aliphatic carbocycles. The summed E-state index contributed by atoms with van der Waals surface area (Å²) in [4.78, 5) is 17.7. The Labute approximate surface area is 152 Å². The quantitative estimate of drug-likeness (QED) is 0.802. The molecule has 0 saturated carbocycles. The fraction of sp³-hybridized carbons (Fsp3) is 0.250. The highest BCUT2D eigenvalue weighted by Gasteiger charge is 2.19. The summed E-state index contributed by atoms with van der Waals surface area (Å²) >= 11 is 0. The lowest BCUT2D eigenvalue weighted by atomic mass is 9.88. The number of ether oxygens (including phenoxy) is 2. The number of carbonyl (C=O) groups excluding carboxylic acids is 1. The number of hydrogen-bond acceptors (Lipinski definition) is 6. The van der Waals surface area contributed by atoms with Crippen LogP contribution in [-0.2, 0) is 11.3 Å². The van der Waals surface area contributed by atoms with Crippen LogP contribution in [0.5, 0.6) is 17.2 Å². The summed E-state index contributed by atoms with van der Waals surface area (Å²) in [6.07, 6.45) is 2.81. The van der Waals surface area contributed by atoms with E-state index in [4.69, 9.17) is 14.3 Å². The summed E-state index contributed by atoms with van der Waals surface area (Å²) in [6.45, 7) is 2.06. The van der Waals surface area contributed by atoms with Crippen molar-refractivity contribution < 1.29 is 24.2 Å². The molecule has 2 aromatic rings. The maximum atomic E-state index is 12.4. The Morgan fingerprint density at radius 2 is 1.81 bits per heavy atom. The predicted molar refractivity (Wildman–Crippen MR) is 97.0 cm³/mol. The molecule has 2 aromatic carbocycles. The average molecular weight is 355 g/mol. The molecule has 0 fully saturated rings. The number of aromatic hydroxyl groups is 1. The van der Waals surface area contributed by atoms with Crippen molar-refractivity contribution in [2.75, 3.05) is 14.2 Å². The van der Waals surface area contributed by atoms with Gasteiger partial charge < -0.3 is 19.4 Å². The first-order valence-electron chi connectivity index (χ1n) is 8.24. The zero-order valence-corrected chi connectivity index (χ0v) is 14.9. The maximum Gasteiger partial charge on any atom is 0.363 e. The number of benzene rings is 2. The van der Waals surface area contributed by atoms with Crippen LogP contribution in [0.25, 0.3) is 5.70 Å². The molecule has 1 atom stereocenters. The molecule has 0 saturated heterocycles. The highest BCUT2D eigenvalue weighted by molar-refractivity contribution is 5.90. The first kappa shape index (κ1) is 17.7. The number of methoxy groups -OCH3 is 2. The van der Waals surface area contributed by atoms with Gasteiger partial charge in [0.2, 0.25) is 0 Å². The van der Waals surface area contributed by atoms with Crippen molar-refractivity contribution in [3.8, 4) is 17.2 Å². The summed E-state index contributed by atoms with van der Waals surface area (Å²) in [5.74, 6) is 0.923. The molecule has 26 heavy (non-hydrogen) atoms. The van der Waals surface area contributed by atoms with Crippen molar-refractivity contribution in [1.29, 1.82) is 0 Å². The standard InChI is InChI=1S/C20H21NO5/c1-12-6-13-8-15(22)4-5-18(13)19(7-12)21-26-20(23)14-9-16(24-2)11-17(10-14)25-3/h4-5,7-12,21-22H,6H2,1-3H3. The Hall–Kier alpha value is -3.15. The lowest BCUT2D eigenvalue weighted by molar-refractivity contribution is 0.0366. The number of fused-ring (bicyclic) bond motifs is 1. The van der Waals surface area contributed by atoms with Gasteiger partial charge in [-0.2, -0.15) is 0 Å². The lowest BCUT2D eigenvalue weighted by Gasteiger charge is -2.22. The van der Waals surface area contributed by atoms with Gasteiger partial charge in [-0.25, -0.2) is 10.3 Å². The van der Waals surface area contributed by atoms with Gasteiger partial charge in [-0.15, -0.1) is 0 Å². The van der Waals surface area contributed by atoms with Crippen molar-refractivity contribution in [3.05, 3.63) is 59.2 Å². The van der Waals surface area contributed by atoms with Crippen LogP contribution in [0.15, 0.2) is 42.5 Å². The molecule has 3 rings (SSSR count). The molecule has 0 spiro atoms.